The van der Waals surface area contributed by atoms with Crippen LogP contribution >= 0.6 is 0 Å². The van der Waals surface area contributed by atoms with Gasteiger partial charge in [-0.05, 0) is 31.2 Å². The van der Waals surface area contributed by atoms with Gasteiger partial charge in [0.1, 0.15) is 0 Å². The van der Waals surface area contributed by atoms with E-state index in [0.717, 1.165) is 12.1 Å². The van der Waals surface area contributed by atoms with Crippen LogP contribution in [0.5, 0.6) is 0 Å². The van der Waals surface area contributed by atoms with Gasteiger partial charge in [-0.15, -0.1) is 0 Å². The Hall–Kier alpha value is -2.37. The minimum Gasteiger partial charge on any atom is -0.318 e. The summed E-state index contributed by atoms with van der Waals surface area (Å²) in [6.07, 6.45) is 1.48. The lowest BCUT2D eigenvalue weighted by Gasteiger charge is -2.06. The van der Waals surface area contributed by atoms with Gasteiger partial charge < -0.3 is 5.32 Å². The number of nitrogens with zero attached hydrogens (tertiary/aromatic N) is 2. The number of hydrogen-bond acceptors (Lipinski definition) is 3. The predicted octanol–water partition coefficient (Wildman–Crippen LogP) is 2.32. The Morgan fingerprint density at radius 1 is 1.28 bits per heavy atom. The van der Waals surface area contributed by atoms with E-state index in [9.17, 15) is 13.6 Å². The molecule has 2 aromatic heterocycles. The van der Waals surface area contributed by atoms with E-state index in [1.54, 1.807) is 13.0 Å². The molecule has 0 radical (unpaired) electrons. The standard InChI is InChI=1S/C12H9F2N3O/c1-7-6-8(4-5-15-7)12(18)16-9-2-3-10(13)17-11(9)14/h2-6H,1H3,(H,16,18). The molecule has 0 bridgehead atoms. The SMILES string of the molecule is Cc1cc(C(=O)Nc2ccc(F)nc2F)ccn1. The Labute approximate surface area is 102 Å². The van der Waals surface area contributed by atoms with E-state index < -0.39 is 17.8 Å². The van der Waals surface area contributed by atoms with Gasteiger partial charge in [-0.1, -0.05) is 0 Å². The number of hydrogen-bond donors (Lipinski definition) is 1. The highest BCUT2D eigenvalue weighted by Crippen LogP contribution is 2.13. The van der Waals surface area contributed by atoms with Crippen molar-refractivity contribution in [1.29, 1.82) is 0 Å². The largest absolute Gasteiger partial charge is 0.318 e. The minimum absolute atomic E-state index is 0.170. The van der Waals surface area contributed by atoms with Crippen LogP contribution in [-0.2, 0) is 0 Å². The van der Waals surface area contributed by atoms with Crippen molar-refractivity contribution in [3.05, 3.63) is 53.6 Å². The summed E-state index contributed by atoms with van der Waals surface area (Å²) in [6.45, 7) is 1.73. The monoisotopic (exact) mass is 249 g/mol. The lowest BCUT2D eigenvalue weighted by Crippen LogP contribution is -2.14. The van der Waals surface area contributed by atoms with Gasteiger partial charge in [0.25, 0.3) is 5.91 Å². The Bertz CT molecular complexity index is 602. The maximum absolute atomic E-state index is 13.2. The molecule has 92 valence electrons. The minimum atomic E-state index is -1.06. The smallest absolute Gasteiger partial charge is 0.255 e. The molecule has 2 heterocycles. The molecule has 1 N–H and O–H groups in total. The molecule has 4 nitrogen and oxygen atoms in total. The molecule has 0 saturated carbocycles. The number of aromatic nitrogens is 2. The second kappa shape index (κ2) is 4.87. The van der Waals surface area contributed by atoms with Gasteiger partial charge >= 0.3 is 0 Å². The van der Waals surface area contributed by atoms with Crippen molar-refractivity contribution in [2.45, 2.75) is 6.92 Å². The van der Waals surface area contributed by atoms with Crippen LogP contribution < -0.4 is 5.32 Å². The quantitative estimate of drug-likeness (QED) is 0.831. The predicted molar refractivity (Wildman–Crippen MR) is 61.1 cm³/mol. The summed E-state index contributed by atoms with van der Waals surface area (Å²) in [7, 11) is 0. The average molecular weight is 249 g/mol. The van der Waals surface area contributed by atoms with E-state index in [0.29, 0.717) is 11.3 Å². The van der Waals surface area contributed by atoms with Crippen LogP contribution in [0.15, 0.2) is 30.5 Å². The number of nitrogens with one attached hydrogen (secondary N) is 1. The fraction of sp³-hybridized carbons (Fsp3) is 0.0833. The van der Waals surface area contributed by atoms with Crippen molar-refractivity contribution in [1.82, 2.24) is 9.97 Å². The molecule has 0 spiro atoms. The lowest BCUT2D eigenvalue weighted by atomic mass is 10.2. The van der Waals surface area contributed by atoms with Crippen molar-refractivity contribution in [2.24, 2.45) is 0 Å². The molecule has 2 aromatic rings. The summed E-state index contributed by atoms with van der Waals surface area (Å²) in [5.74, 6) is -2.51. The third-order valence-corrected chi connectivity index (χ3v) is 2.22. The number of carbonyl (C=O) groups excluding carboxylic acids is 1. The molecule has 0 aliphatic carbocycles. The molecule has 0 aromatic carbocycles. The summed E-state index contributed by atoms with van der Waals surface area (Å²) in [6, 6.07) is 5.14. The number of pyridine rings is 2. The third kappa shape index (κ3) is 2.65. The van der Waals surface area contributed by atoms with Gasteiger partial charge in [-0.25, -0.2) is 0 Å². The summed E-state index contributed by atoms with van der Waals surface area (Å²) in [5.41, 5.74) is 0.836. The third-order valence-electron chi connectivity index (χ3n) is 2.22. The van der Waals surface area contributed by atoms with E-state index in [4.69, 9.17) is 0 Å². The highest BCUT2D eigenvalue weighted by Gasteiger charge is 2.11. The molecular weight excluding hydrogens is 240 g/mol. The second-order valence-corrected chi connectivity index (χ2v) is 3.61. The highest BCUT2D eigenvalue weighted by molar-refractivity contribution is 6.04. The molecule has 0 aliphatic rings. The number of anilines is 1. The zero-order valence-electron chi connectivity index (χ0n) is 9.45. The molecule has 0 unspecified atom stereocenters. The summed E-state index contributed by atoms with van der Waals surface area (Å²) < 4.78 is 25.8. The maximum atomic E-state index is 13.2. The molecule has 0 fully saturated rings. The number of aryl methyl sites for hydroxylation is 1. The van der Waals surface area contributed by atoms with Crippen LogP contribution in [0.3, 0.4) is 0 Å². The second-order valence-electron chi connectivity index (χ2n) is 3.61. The molecule has 0 aliphatic heterocycles. The number of rotatable bonds is 2. The fourth-order valence-electron chi connectivity index (χ4n) is 1.39. The molecule has 0 saturated heterocycles. The van der Waals surface area contributed by atoms with E-state index in [2.05, 4.69) is 15.3 Å². The first-order chi connectivity index (χ1) is 8.56. The van der Waals surface area contributed by atoms with Crippen LogP contribution in [-0.4, -0.2) is 15.9 Å². The molecule has 6 heteroatoms. The van der Waals surface area contributed by atoms with E-state index in [-0.39, 0.29) is 5.69 Å². The zero-order chi connectivity index (χ0) is 13.1. The van der Waals surface area contributed by atoms with E-state index in [1.165, 1.54) is 12.3 Å². The van der Waals surface area contributed by atoms with Crippen molar-refractivity contribution >= 4 is 11.6 Å². The first-order valence-corrected chi connectivity index (χ1v) is 5.12. The van der Waals surface area contributed by atoms with Crippen LogP contribution in [0.1, 0.15) is 16.1 Å². The summed E-state index contributed by atoms with van der Waals surface area (Å²) in [5, 5.41) is 2.31. The van der Waals surface area contributed by atoms with Gasteiger partial charge in [0.15, 0.2) is 0 Å². The van der Waals surface area contributed by atoms with Crippen LogP contribution in [0.4, 0.5) is 14.5 Å². The Kier molecular flexibility index (Phi) is 3.27. The average Bonchev–Trinajstić information content (AvgIpc) is 2.32. The van der Waals surface area contributed by atoms with Crippen LogP contribution in [0.2, 0.25) is 0 Å². The summed E-state index contributed by atoms with van der Waals surface area (Å²) >= 11 is 0. The Balaban J connectivity index is 2.21. The number of halogens is 2. The first kappa shape index (κ1) is 12.1. The molecule has 0 atom stereocenters. The fourth-order valence-corrected chi connectivity index (χ4v) is 1.39. The van der Waals surface area contributed by atoms with Crippen molar-refractivity contribution < 1.29 is 13.6 Å². The zero-order valence-corrected chi connectivity index (χ0v) is 9.45. The van der Waals surface area contributed by atoms with Gasteiger partial charge in [0.05, 0.1) is 5.69 Å². The summed E-state index contributed by atoms with van der Waals surface area (Å²) in [4.78, 5) is 18.7. The maximum Gasteiger partial charge on any atom is 0.255 e. The number of carbonyl (C=O) groups is 1. The molecular formula is C12H9F2N3O. The lowest BCUT2D eigenvalue weighted by molar-refractivity contribution is 0.102. The van der Waals surface area contributed by atoms with Crippen LogP contribution in [0.25, 0.3) is 0 Å². The van der Waals surface area contributed by atoms with Gasteiger partial charge in [0, 0.05) is 17.5 Å². The highest BCUT2D eigenvalue weighted by atomic mass is 19.1. The van der Waals surface area contributed by atoms with Crippen molar-refractivity contribution in [3.63, 3.8) is 0 Å². The molecule has 18 heavy (non-hydrogen) atoms. The van der Waals surface area contributed by atoms with Crippen LogP contribution in [0, 0.1) is 18.8 Å². The normalized spacial score (nSPS) is 10.2. The molecule has 2 rings (SSSR count). The van der Waals surface area contributed by atoms with Crippen molar-refractivity contribution in [3.8, 4) is 0 Å². The first-order valence-electron chi connectivity index (χ1n) is 5.12. The molecule has 1 amide bonds. The van der Waals surface area contributed by atoms with E-state index in [1.807, 2.05) is 0 Å². The van der Waals surface area contributed by atoms with Gasteiger partial charge in [0.2, 0.25) is 11.9 Å². The number of amides is 1. The Morgan fingerprint density at radius 3 is 2.72 bits per heavy atom. The van der Waals surface area contributed by atoms with Crippen molar-refractivity contribution in [2.75, 3.05) is 5.32 Å². The van der Waals surface area contributed by atoms with Gasteiger partial charge in [-0.2, -0.15) is 13.8 Å². The van der Waals surface area contributed by atoms with E-state index >= 15 is 0 Å². The Morgan fingerprint density at radius 2 is 2.06 bits per heavy atom. The van der Waals surface area contributed by atoms with Gasteiger partial charge in [-0.3, -0.25) is 9.78 Å². The topological polar surface area (TPSA) is 54.9 Å².